The fourth-order valence-corrected chi connectivity index (χ4v) is 3.88. The molecule has 0 spiro atoms. The van der Waals surface area contributed by atoms with E-state index in [0.29, 0.717) is 6.54 Å². The summed E-state index contributed by atoms with van der Waals surface area (Å²) in [7, 11) is 0. The predicted molar refractivity (Wildman–Crippen MR) is 80.5 cm³/mol. The summed E-state index contributed by atoms with van der Waals surface area (Å²) < 4.78 is 0. The molecule has 116 valence electrons. The van der Waals surface area contributed by atoms with Crippen molar-refractivity contribution in [2.75, 3.05) is 19.7 Å². The van der Waals surface area contributed by atoms with Gasteiger partial charge in [0.15, 0.2) is 0 Å². The van der Waals surface area contributed by atoms with E-state index < -0.39 is 0 Å². The van der Waals surface area contributed by atoms with Gasteiger partial charge in [0, 0.05) is 12.0 Å². The minimum absolute atomic E-state index is 0.0695. The molecule has 3 N–H and O–H groups in total. The Morgan fingerprint density at radius 2 is 1.95 bits per heavy atom. The molecule has 20 heavy (non-hydrogen) atoms. The summed E-state index contributed by atoms with van der Waals surface area (Å²) in [5, 5.41) is 16.3. The van der Waals surface area contributed by atoms with Crippen LogP contribution in [-0.4, -0.2) is 36.2 Å². The van der Waals surface area contributed by atoms with Crippen LogP contribution in [0.5, 0.6) is 0 Å². The van der Waals surface area contributed by atoms with Crippen molar-refractivity contribution >= 4 is 5.91 Å². The Bertz CT molecular complexity index is 318. The van der Waals surface area contributed by atoms with Gasteiger partial charge in [0.25, 0.3) is 0 Å². The van der Waals surface area contributed by atoms with Crippen LogP contribution >= 0.6 is 0 Å². The zero-order valence-electron chi connectivity index (χ0n) is 12.8. The fourth-order valence-electron chi connectivity index (χ4n) is 3.88. The number of aliphatic hydroxyl groups is 1. The van der Waals surface area contributed by atoms with E-state index in [1.54, 1.807) is 0 Å². The Kier molecular flexibility index (Phi) is 5.44. The first-order chi connectivity index (χ1) is 9.66. The normalized spacial score (nSPS) is 29.3. The topological polar surface area (TPSA) is 61.4 Å². The van der Waals surface area contributed by atoms with Crippen LogP contribution in [0.4, 0.5) is 0 Å². The molecule has 0 bridgehead atoms. The number of hydrogen-bond donors (Lipinski definition) is 3. The minimum atomic E-state index is -0.347. The second kappa shape index (κ2) is 6.90. The van der Waals surface area contributed by atoms with Crippen LogP contribution in [0.1, 0.15) is 64.7 Å². The number of amides is 1. The molecule has 4 heteroatoms. The molecule has 0 radical (unpaired) electrons. The smallest absolute Gasteiger partial charge is 0.240 e. The van der Waals surface area contributed by atoms with Crippen LogP contribution in [-0.2, 0) is 4.79 Å². The molecule has 1 amide bonds. The summed E-state index contributed by atoms with van der Waals surface area (Å²) in [6.07, 6.45) is 9.64. The van der Waals surface area contributed by atoms with E-state index in [9.17, 15) is 9.90 Å². The average Bonchev–Trinajstić information content (AvgIpc) is 2.96. The monoisotopic (exact) mass is 282 g/mol. The number of carbonyl (C=O) groups is 1. The second-order valence-electron chi connectivity index (χ2n) is 6.76. The highest BCUT2D eigenvalue weighted by Gasteiger charge is 2.41. The Hall–Kier alpha value is -0.610. The molecule has 1 aliphatic carbocycles. The van der Waals surface area contributed by atoms with Gasteiger partial charge in [0.05, 0.1) is 12.1 Å². The largest absolute Gasteiger partial charge is 0.396 e. The molecule has 4 nitrogen and oxygen atoms in total. The summed E-state index contributed by atoms with van der Waals surface area (Å²) in [6, 6.07) is 0. The molecule has 0 aromatic heterocycles. The molecule has 1 saturated carbocycles. The molecular formula is C16H30N2O2. The maximum atomic E-state index is 12.6. The highest BCUT2D eigenvalue weighted by atomic mass is 16.3. The fraction of sp³-hybridized carbons (Fsp3) is 0.938. The summed E-state index contributed by atoms with van der Waals surface area (Å²) >= 11 is 0. The first kappa shape index (κ1) is 15.8. The summed E-state index contributed by atoms with van der Waals surface area (Å²) in [5.74, 6) is 0.148. The highest BCUT2D eigenvalue weighted by Crippen LogP contribution is 2.35. The molecule has 1 saturated heterocycles. The molecule has 0 aromatic rings. The van der Waals surface area contributed by atoms with Crippen molar-refractivity contribution in [2.45, 2.75) is 70.3 Å². The number of hydrogen-bond acceptors (Lipinski definition) is 3. The van der Waals surface area contributed by atoms with Gasteiger partial charge in [-0.05, 0) is 38.6 Å². The quantitative estimate of drug-likeness (QED) is 0.698. The number of carbonyl (C=O) groups excluding carboxylic acids is 1. The lowest BCUT2D eigenvalue weighted by Gasteiger charge is -2.37. The van der Waals surface area contributed by atoms with E-state index in [4.69, 9.17) is 0 Å². The van der Waals surface area contributed by atoms with E-state index in [0.717, 1.165) is 45.1 Å². The van der Waals surface area contributed by atoms with Crippen molar-refractivity contribution in [1.29, 1.82) is 0 Å². The zero-order chi connectivity index (χ0) is 14.5. The van der Waals surface area contributed by atoms with Crippen molar-refractivity contribution in [3.63, 3.8) is 0 Å². The van der Waals surface area contributed by atoms with Crippen LogP contribution < -0.4 is 10.6 Å². The number of aliphatic hydroxyl groups excluding tert-OH is 1. The van der Waals surface area contributed by atoms with Crippen LogP contribution in [0.3, 0.4) is 0 Å². The van der Waals surface area contributed by atoms with Gasteiger partial charge in [0.2, 0.25) is 5.91 Å². The van der Waals surface area contributed by atoms with E-state index >= 15 is 0 Å². The summed E-state index contributed by atoms with van der Waals surface area (Å²) in [6.45, 7) is 3.90. The van der Waals surface area contributed by atoms with E-state index in [1.165, 1.54) is 19.3 Å². The highest BCUT2D eigenvalue weighted by molar-refractivity contribution is 5.86. The summed E-state index contributed by atoms with van der Waals surface area (Å²) in [4.78, 5) is 12.6. The van der Waals surface area contributed by atoms with E-state index in [1.807, 2.05) is 0 Å². The third-order valence-electron chi connectivity index (χ3n) is 5.23. The molecule has 2 aliphatic rings. The lowest BCUT2D eigenvalue weighted by Crippen LogP contribution is -2.55. The van der Waals surface area contributed by atoms with Crippen LogP contribution in [0.15, 0.2) is 0 Å². The average molecular weight is 282 g/mol. The maximum Gasteiger partial charge on any atom is 0.240 e. The molecule has 2 rings (SSSR count). The zero-order valence-corrected chi connectivity index (χ0v) is 12.8. The standard InChI is InChI=1S/C16H30N2O2/c1-2-7-16(10-6-11-18-16)14(20)17-12-15(13-19)8-4-3-5-9-15/h18-19H,2-13H2,1H3,(H,17,20). The second-order valence-corrected chi connectivity index (χ2v) is 6.76. The van der Waals surface area contributed by atoms with Gasteiger partial charge in [-0.3, -0.25) is 4.79 Å². The van der Waals surface area contributed by atoms with Crippen molar-refractivity contribution in [3.8, 4) is 0 Å². The third kappa shape index (κ3) is 3.34. The van der Waals surface area contributed by atoms with Gasteiger partial charge in [-0.15, -0.1) is 0 Å². The van der Waals surface area contributed by atoms with Crippen LogP contribution in [0.25, 0.3) is 0 Å². The van der Waals surface area contributed by atoms with Crippen molar-refractivity contribution in [2.24, 2.45) is 5.41 Å². The van der Waals surface area contributed by atoms with Crippen molar-refractivity contribution in [3.05, 3.63) is 0 Å². The Balaban J connectivity index is 1.92. The predicted octanol–water partition coefficient (Wildman–Crippen LogP) is 1.97. The minimum Gasteiger partial charge on any atom is -0.396 e. The number of nitrogens with one attached hydrogen (secondary N) is 2. The van der Waals surface area contributed by atoms with Crippen molar-refractivity contribution in [1.82, 2.24) is 10.6 Å². The Labute approximate surface area is 122 Å². The van der Waals surface area contributed by atoms with Gasteiger partial charge in [0.1, 0.15) is 0 Å². The molecular weight excluding hydrogens is 252 g/mol. The summed E-state index contributed by atoms with van der Waals surface area (Å²) in [5.41, 5.74) is -0.417. The molecule has 0 aromatic carbocycles. The van der Waals surface area contributed by atoms with Gasteiger partial charge in [-0.25, -0.2) is 0 Å². The molecule has 2 fully saturated rings. The lowest BCUT2D eigenvalue weighted by atomic mass is 9.74. The van der Waals surface area contributed by atoms with E-state index in [-0.39, 0.29) is 23.5 Å². The Morgan fingerprint density at radius 1 is 1.20 bits per heavy atom. The van der Waals surface area contributed by atoms with Gasteiger partial charge in [-0.1, -0.05) is 32.6 Å². The van der Waals surface area contributed by atoms with Crippen LogP contribution in [0, 0.1) is 5.41 Å². The van der Waals surface area contributed by atoms with Gasteiger partial charge >= 0.3 is 0 Å². The molecule has 1 aliphatic heterocycles. The van der Waals surface area contributed by atoms with Crippen LogP contribution in [0.2, 0.25) is 0 Å². The van der Waals surface area contributed by atoms with Gasteiger partial charge in [-0.2, -0.15) is 0 Å². The molecule has 1 atom stereocenters. The first-order valence-corrected chi connectivity index (χ1v) is 8.31. The first-order valence-electron chi connectivity index (χ1n) is 8.31. The Morgan fingerprint density at radius 3 is 2.50 bits per heavy atom. The van der Waals surface area contributed by atoms with E-state index in [2.05, 4.69) is 17.6 Å². The third-order valence-corrected chi connectivity index (χ3v) is 5.23. The molecule has 1 unspecified atom stereocenters. The molecule has 1 heterocycles. The van der Waals surface area contributed by atoms with Gasteiger partial charge < -0.3 is 15.7 Å². The lowest BCUT2D eigenvalue weighted by molar-refractivity contribution is -0.128. The maximum absolute atomic E-state index is 12.6. The van der Waals surface area contributed by atoms with Crippen molar-refractivity contribution < 1.29 is 9.90 Å². The SMILES string of the molecule is CCCC1(C(=O)NCC2(CO)CCCCC2)CCCN1. The number of rotatable bonds is 6.